The van der Waals surface area contributed by atoms with Gasteiger partial charge in [0.05, 0.1) is 12.6 Å². The zero-order valence-corrected chi connectivity index (χ0v) is 13.9. The minimum atomic E-state index is 0.305. The summed E-state index contributed by atoms with van der Waals surface area (Å²) in [6.45, 7) is 6.95. The van der Waals surface area contributed by atoms with E-state index in [2.05, 4.69) is 32.1 Å². The Labute approximate surface area is 142 Å². The topological polar surface area (TPSA) is 54.6 Å². The maximum Gasteiger partial charge on any atom is 0.226 e. The van der Waals surface area contributed by atoms with Crippen molar-refractivity contribution in [3.05, 3.63) is 47.6 Å². The molecule has 0 radical (unpaired) electrons. The van der Waals surface area contributed by atoms with Gasteiger partial charge < -0.3 is 9.26 Å². The maximum absolute atomic E-state index is 5.70. The molecular formula is C18H24N4O2. The Morgan fingerprint density at radius 1 is 1.12 bits per heavy atom. The minimum Gasteiger partial charge on any atom is -0.377 e. The molecule has 0 spiro atoms. The van der Waals surface area contributed by atoms with Gasteiger partial charge in [-0.3, -0.25) is 9.80 Å². The van der Waals surface area contributed by atoms with Crippen LogP contribution >= 0.6 is 0 Å². The van der Waals surface area contributed by atoms with Gasteiger partial charge in [0.15, 0.2) is 5.82 Å². The van der Waals surface area contributed by atoms with E-state index in [1.807, 2.05) is 18.2 Å². The summed E-state index contributed by atoms with van der Waals surface area (Å²) < 4.78 is 11.1. The predicted molar refractivity (Wildman–Crippen MR) is 89.5 cm³/mol. The molecule has 3 saturated heterocycles. The number of piperazine rings is 3. The van der Waals surface area contributed by atoms with Gasteiger partial charge in [0, 0.05) is 45.8 Å². The Bertz CT molecular complexity index is 637. The lowest BCUT2D eigenvalue weighted by molar-refractivity contribution is 0.00781. The summed E-state index contributed by atoms with van der Waals surface area (Å²) >= 11 is 0. The first-order chi connectivity index (χ1) is 11.9. The molecule has 0 amide bonds. The molecule has 0 saturated carbocycles. The van der Waals surface area contributed by atoms with Crippen LogP contribution in [0, 0.1) is 0 Å². The van der Waals surface area contributed by atoms with Crippen LogP contribution in [0.1, 0.15) is 29.7 Å². The number of aryl methyl sites for hydroxylation is 1. The maximum atomic E-state index is 5.70. The fraction of sp³-hybridized carbons (Fsp3) is 0.556. The van der Waals surface area contributed by atoms with Crippen molar-refractivity contribution in [3.63, 3.8) is 0 Å². The third kappa shape index (κ3) is 3.66. The van der Waals surface area contributed by atoms with E-state index in [4.69, 9.17) is 9.26 Å². The molecule has 4 heterocycles. The molecule has 1 aromatic heterocycles. The minimum absolute atomic E-state index is 0.305. The first-order valence-electron chi connectivity index (χ1n) is 8.79. The van der Waals surface area contributed by atoms with Crippen molar-refractivity contribution in [3.8, 4) is 0 Å². The van der Waals surface area contributed by atoms with Gasteiger partial charge in [-0.15, -0.1) is 0 Å². The average Bonchev–Trinajstić information content (AvgIpc) is 3.12. The van der Waals surface area contributed by atoms with E-state index >= 15 is 0 Å². The molecular weight excluding hydrogens is 304 g/mol. The SMILES string of the molecule is c1ccc(COCCCc2nc([C@@H]3CN4CCN3CC4)no2)cc1. The summed E-state index contributed by atoms with van der Waals surface area (Å²) in [4.78, 5) is 9.56. The van der Waals surface area contributed by atoms with Crippen LogP contribution in [-0.2, 0) is 17.8 Å². The zero-order valence-electron chi connectivity index (χ0n) is 13.9. The van der Waals surface area contributed by atoms with E-state index < -0.39 is 0 Å². The van der Waals surface area contributed by atoms with E-state index in [1.165, 1.54) is 18.7 Å². The first-order valence-corrected chi connectivity index (χ1v) is 8.79. The molecule has 2 aromatic rings. The van der Waals surface area contributed by atoms with Crippen molar-refractivity contribution in [1.29, 1.82) is 0 Å². The number of aromatic nitrogens is 2. The molecule has 0 aliphatic carbocycles. The smallest absolute Gasteiger partial charge is 0.226 e. The van der Waals surface area contributed by atoms with Gasteiger partial charge in [0.1, 0.15) is 0 Å². The van der Waals surface area contributed by atoms with Crippen molar-refractivity contribution < 1.29 is 9.26 Å². The molecule has 6 heteroatoms. The highest BCUT2D eigenvalue weighted by Crippen LogP contribution is 2.26. The number of hydrogen-bond donors (Lipinski definition) is 0. The number of benzene rings is 1. The summed E-state index contributed by atoms with van der Waals surface area (Å²) in [6.07, 6.45) is 1.67. The second-order valence-corrected chi connectivity index (χ2v) is 6.54. The van der Waals surface area contributed by atoms with Crippen LogP contribution in [0.2, 0.25) is 0 Å². The molecule has 2 bridgehead atoms. The molecule has 0 N–H and O–H groups in total. The largest absolute Gasteiger partial charge is 0.377 e. The van der Waals surface area contributed by atoms with Crippen molar-refractivity contribution in [2.75, 3.05) is 39.3 Å². The highest BCUT2D eigenvalue weighted by molar-refractivity contribution is 5.13. The zero-order chi connectivity index (χ0) is 16.2. The number of rotatable bonds is 7. The molecule has 5 rings (SSSR count). The molecule has 128 valence electrons. The monoisotopic (exact) mass is 328 g/mol. The summed E-state index contributed by atoms with van der Waals surface area (Å²) in [5.41, 5.74) is 1.20. The van der Waals surface area contributed by atoms with E-state index in [1.54, 1.807) is 0 Å². The number of ether oxygens (including phenoxy) is 1. The Hall–Kier alpha value is -1.76. The summed E-state index contributed by atoms with van der Waals surface area (Å²) in [6, 6.07) is 10.5. The molecule has 0 unspecified atom stereocenters. The van der Waals surface area contributed by atoms with Gasteiger partial charge >= 0.3 is 0 Å². The average molecular weight is 328 g/mol. The van der Waals surface area contributed by atoms with Gasteiger partial charge in [-0.2, -0.15) is 4.98 Å². The normalized spacial score (nSPS) is 25.9. The second kappa shape index (κ2) is 7.42. The third-order valence-electron chi connectivity index (χ3n) is 4.85. The van der Waals surface area contributed by atoms with Crippen molar-refractivity contribution in [2.45, 2.75) is 25.5 Å². The quantitative estimate of drug-likeness (QED) is 0.724. The summed E-state index contributed by atoms with van der Waals surface area (Å²) in [5, 5.41) is 4.21. The summed E-state index contributed by atoms with van der Waals surface area (Å²) in [7, 11) is 0. The Morgan fingerprint density at radius 2 is 1.96 bits per heavy atom. The highest BCUT2D eigenvalue weighted by atomic mass is 16.5. The molecule has 3 aliphatic rings. The number of nitrogens with zero attached hydrogens (tertiary/aromatic N) is 4. The van der Waals surface area contributed by atoms with E-state index in [-0.39, 0.29) is 0 Å². The Kier molecular flexibility index (Phi) is 4.87. The van der Waals surface area contributed by atoms with Crippen LogP contribution in [0.4, 0.5) is 0 Å². The fourth-order valence-electron chi connectivity index (χ4n) is 3.46. The Morgan fingerprint density at radius 3 is 2.71 bits per heavy atom. The van der Waals surface area contributed by atoms with Gasteiger partial charge in [-0.25, -0.2) is 0 Å². The molecule has 24 heavy (non-hydrogen) atoms. The molecule has 3 aliphatic heterocycles. The van der Waals surface area contributed by atoms with Gasteiger partial charge in [-0.1, -0.05) is 35.5 Å². The Balaban J connectivity index is 1.21. The van der Waals surface area contributed by atoms with Crippen molar-refractivity contribution in [2.24, 2.45) is 0 Å². The predicted octanol–water partition coefficient (Wildman–Crippen LogP) is 1.89. The lowest BCUT2D eigenvalue weighted by atomic mass is 10.1. The third-order valence-corrected chi connectivity index (χ3v) is 4.85. The fourth-order valence-corrected chi connectivity index (χ4v) is 3.46. The van der Waals surface area contributed by atoms with Crippen LogP contribution in [0.25, 0.3) is 0 Å². The highest BCUT2D eigenvalue weighted by Gasteiger charge is 2.35. The van der Waals surface area contributed by atoms with Crippen molar-refractivity contribution in [1.82, 2.24) is 19.9 Å². The van der Waals surface area contributed by atoms with Crippen LogP contribution in [0.3, 0.4) is 0 Å². The number of hydrogen-bond acceptors (Lipinski definition) is 6. The molecule has 3 fully saturated rings. The molecule has 6 nitrogen and oxygen atoms in total. The molecule has 1 atom stereocenters. The van der Waals surface area contributed by atoms with Gasteiger partial charge in [-0.05, 0) is 12.0 Å². The van der Waals surface area contributed by atoms with E-state index in [9.17, 15) is 0 Å². The van der Waals surface area contributed by atoms with Crippen molar-refractivity contribution >= 4 is 0 Å². The van der Waals surface area contributed by atoms with E-state index in [0.717, 1.165) is 44.2 Å². The number of fused-ring (bicyclic) bond motifs is 3. The summed E-state index contributed by atoms with van der Waals surface area (Å²) in [5.74, 6) is 1.57. The van der Waals surface area contributed by atoms with Crippen LogP contribution < -0.4 is 0 Å². The van der Waals surface area contributed by atoms with Gasteiger partial charge in [0.2, 0.25) is 5.89 Å². The lowest BCUT2D eigenvalue weighted by Gasteiger charge is -2.46. The van der Waals surface area contributed by atoms with Crippen LogP contribution in [0.15, 0.2) is 34.9 Å². The first kappa shape index (κ1) is 15.7. The second-order valence-electron chi connectivity index (χ2n) is 6.54. The van der Waals surface area contributed by atoms with Crippen LogP contribution in [-0.4, -0.2) is 59.3 Å². The van der Waals surface area contributed by atoms with E-state index in [0.29, 0.717) is 19.3 Å². The lowest BCUT2D eigenvalue weighted by Crippen LogP contribution is -2.57. The molecule has 1 aromatic carbocycles. The standard InChI is InChI=1S/C18H24N4O2/c1-2-5-15(6-3-1)14-23-12-4-7-17-19-18(20-24-17)16-13-21-8-10-22(16)11-9-21/h1-3,5-6,16H,4,7-14H2/t16-/m0/s1. The van der Waals surface area contributed by atoms with Gasteiger partial charge in [0.25, 0.3) is 0 Å². The van der Waals surface area contributed by atoms with Crippen LogP contribution in [0.5, 0.6) is 0 Å².